The molecule has 1 amide bonds. The van der Waals surface area contributed by atoms with Crippen LogP contribution in [0.1, 0.15) is 32.5 Å². The van der Waals surface area contributed by atoms with E-state index in [1.807, 2.05) is 26.8 Å². The highest BCUT2D eigenvalue weighted by Gasteiger charge is 2.29. The van der Waals surface area contributed by atoms with Crippen molar-refractivity contribution >= 4 is 17.3 Å². The maximum atomic E-state index is 10.9. The lowest BCUT2D eigenvalue weighted by atomic mass is 9.85. The number of rotatable bonds is 2. The summed E-state index contributed by atoms with van der Waals surface area (Å²) in [7, 11) is 0. The largest absolute Gasteiger partial charge is 0.465 e. The predicted octanol–water partition coefficient (Wildman–Crippen LogP) is 2.31. The lowest BCUT2D eigenvalue weighted by Gasteiger charge is -2.29. The number of aromatic amines is 1. The molecule has 0 aliphatic carbocycles. The number of nitrogens with zero attached hydrogens (tertiary/aromatic N) is 2. The first kappa shape index (κ1) is 12.3. The molecule has 1 unspecified atom stereocenters. The molecule has 0 fully saturated rings. The number of fused-ring (bicyclic) bond motifs is 1. The van der Waals surface area contributed by atoms with Crippen LogP contribution in [-0.2, 0) is 0 Å². The van der Waals surface area contributed by atoms with Gasteiger partial charge in [-0.05, 0) is 11.5 Å². The molecular weight excluding hydrogens is 232 g/mol. The molecule has 0 bridgehead atoms. The number of amides is 1. The van der Waals surface area contributed by atoms with Gasteiger partial charge in [0.25, 0.3) is 0 Å². The molecule has 2 aromatic heterocycles. The van der Waals surface area contributed by atoms with Crippen LogP contribution in [0.25, 0.3) is 11.2 Å². The van der Waals surface area contributed by atoms with Gasteiger partial charge in [-0.2, -0.15) is 0 Å². The van der Waals surface area contributed by atoms with Crippen LogP contribution in [0.15, 0.2) is 18.5 Å². The molecule has 6 nitrogen and oxygen atoms in total. The van der Waals surface area contributed by atoms with Crippen molar-refractivity contribution in [2.75, 3.05) is 0 Å². The topological polar surface area (TPSA) is 90.9 Å². The van der Waals surface area contributed by atoms with Gasteiger partial charge in [0.05, 0.1) is 17.9 Å². The van der Waals surface area contributed by atoms with Crippen molar-refractivity contribution in [2.45, 2.75) is 26.8 Å². The number of hydrogen-bond acceptors (Lipinski definition) is 3. The first-order valence-electron chi connectivity index (χ1n) is 5.67. The minimum Gasteiger partial charge on any atom is -0.465 e. The second kappa shape index (κ2) is 4.29. The highest BCUT2D eigenvalue weighted by atomic mass is 16.4. The summed E-state index contributed by atoms with van der Waals surface area (Å²) in [6.45, 7) is 5.86. The zero-order chi connectivity index (χ0) is 13.3. The van der Waals surface area contributed by atoms with Gasteiger partial charge in [0, 0.05) is 6.20 Å². The Balaban J connectivity index is 2.43. The van der Waals surface area contributed by atoms with Crippen molar-refractivity contribution in [1.29, 1.82) is 0 Å². The minimum absolute atomic E-state index is 0.281. The van der Waals surface area contributed by atoms with Gasteiger partial charge >= 0.3 is 6.09 Å². The summed E-state index contributed by atoms with van der Waals surface area (Å²) in [5.74, 6) is 0. The van der Waals surface area contributed by atoms with E-state index >= 15 is 0 Å². The van der Waals surface area contributed by atoms with Crippen molar-refractivity contribution in [3.63, 3.8) is 0 Å². The predicted molar refractivity (Wildman–Crippen MR) is 67.2 cm³/mol. The van der Waals surface area contributed by atoms with Crippen LogP contribution in [0.4, 0.5) is 4.79 Å². The van der Waals surface area contributed by atoms with E-state index in [-0.39, 0.29) is 5.41 Å². The van der Waals surface area contributed by atoms with Crippen molar-refractivity contribution < 1.29 is 9.90 Å². The van der Waals surface area contributed by atoms with Crippen LogP contribution in [0, 0.1) is 5.41 Å². The standard InChI is InChI=1S/C12H16N4O2/c1-12(2,3)9(16-11(17)18)8-6-14-10-7(15-8)4-5-13-10/h4-6,9,16H,1-3H3,(H,13,14)(H,17,18). The first-order valence-corrected chi connectivity index (χ1v) is 5.67. The average molecular weight is 248 g/mol. The van der Waals surface area contributed by atoms with E-state index in [1.165, 1.54) is 0 Å². The lowest BCUT2D eigenvalue weighted by Crippen LogP contribution is -2.36. The van der Waals surface area contributed by atoms with Gasteiger partial charge in [-0.15, -0.1) is 0 Å². The fourth-order valence-electron chi connectivity index (χ4n) is 1.84. The molecular formula is C12H16N4O2. The van der Waals surface area contributed by atoms with Gasteiger partial charge in [-0.25, -0.2) is 14.8 Å². The van der Waals surface area contributed by atoms with E-state index in [9.17, 15) is 4.79 Å². The summed E-state index contributed by atoms with van der Waals surface area (Å²) in [6, 6.07) is 1.41. The van der Waals surface area contributed by atoms with Crippen molar-refractivity contribution in [2.24, 2.45) is 5.41 Å². The van der Waals surface area contributed by atoms with Gasteiger partial charge < -0.3 is 15.4 Å². The van der Waals surface area contributed by atoms with E-state index in [1.54, 1.807) is 12.4 Å². The molecule has 0 radical (unpaired) electrons. The fourth-order valence-corrected chi connectivity index (χ4v) is 1.84. The number of aromatic nitrogens is 3. The Labute approximate surface area is 104 Å². The van der Waals surface area contributed by atoms with Crippen LogP contribution in [0.5, 0.6) is 0 Å². The summed E-state index contributed by atoms with van der Waals surface area (Å²) < 4.78 is 0. The van der Waals surface area contributed by atoms with Crippen molar-refractivity contribution in [1.82, 2.24) is 20.3 Å². The lowest BCUT2D eigenvalue weighted by molar-refractivity contribution is 0.174. The Kier molecular flexibility index (Phi) is 2.94. The molecule has 2 aromatic rings. The van der Waals surface area contributed by atoms with Crippen LogP contribution in [0.3, 0.4) is 0 Å². The molecule has 1 atom stereocenters. The molecule has 0 spiro atoms. The van der Waals surface area contributed by atoms with Gasteiger partial charge in [0.1, 0.15) is 5.52 Å². The second-order valence-electron chi connectivity index (χ2n) is 5.25. The summed E-state index contributed by atoms with van der Waals surface area (Å²) in [5, 5.41) is 11.4. The van der Waals surface area contributed by atoms with Crippen LogP contribution in [-0.4, -0.2) is 26.2 Å². The Bertz CT molecular complexity index is 571. The maximum Gasteiger partial charge on any atom is 0.405 e. The SMILES string of the molecule is CC(C)(C)C(NC(=O)O)c1cnc2[nH]ccc2n1. The quantitative estimate of drug-likeness (QED) is 0.760. The second-order valence-corrected chi connectivity index (χ2v) is 5.25. The third-order valence-electron chi connectivity index (χ3n) is 2.71. The molecule has 0 saturated carbocycles. The smallest absolute Gasteiger partial charge is 0.405 e. The van der Waals surface area contributed by atoms with Crippen LogP contribution in [0.2, 0.25) is 0 Å². The van der Waals surface area contributed by atoms with Crippen molar-refractivity contribution in [3.05, 3.63) is 24.2 Å². The number of carboxylic acid groups (broad SMARTS) is 1. The molecule has 2 rings (SSSR count). The summed E-state index contributed by atoms with van der Waals surface area (Å²) in [5.41, 5.74) is 1.77. The maximum absolute atomic E-state index is 10.9. The van der Waals surface area contributed by atoms with E-state index in [4.69, 9.17) is 5.11 Å². The molecule has 0 aliphatic rings. The van der Waals surface area contributed by atoms with Gasteiger partial charge in [-0.3, -0.25) is 0 Å². The third-order valence-corrected chi connectivity index (χ3v) is 2.71. The number of nitrogens with one attached hydrogen (secondary N) is 2. The summed E-state index contributed by atoms with van der Waals surface area (Å²) in [4.78, 5) is 22.5. The Hall–Kier alpha value is -2.11. The van der Waals surface area contributed by atoms with Crippen LogP contribution < -0.4 is 5.32 Å². The van der Waals surface area contributed by atoms with E-state index in [0.29, 0.717) is 11.3 Å². The summed E-state index contributed by atoms with van der Waals surface area (Å²) >= 11 is 0. The minimum atomic E-state index is -1.06. The summed E-state index contributed by atoms with van der Waals surface area (Å²) in [6.07, 6.45) is 2.29. The van der Waals surface area contributed by atoms with E-state index in [2.05, 4.69) is 20.3 Å². The molecule has 0 saturated heterocycles. The third kappa shape index (κ3) is 2.42. The Morgan fingerprint density at radius 1 is 1.50 bits per heavy atom. The monoisotopic (exact) mass is 248 g/mol. The molecule has 3 N–H and O–H groups in total. The molecule has 6 heteroatoms. The number of H-pyrrole nitrogens is 1. The fraction of sp³-hybridized carbons (Fsp3) is 0.417. The molecule has 2 heterocycles. The normalized spacial score (nSPS) is 13.5. The highest BCUT2D eigenvalue weighted by Crippen LogP contribution is 2.31. The molecule has 0 aromatic carbocycles. The zero-order valence-electron chi connectivity index (χ0n) is 10.6. The first-order chi connectivity index (χ1) is 8.38. The Morgan fingerprint density at radius 3 is 2.83 bits per heavy atom. The number of hydrogen-bond donors (Lipinski definition) is 3. The zero-order valence-corrected chi connectivity index (χ0v) is 10.6. The van der Waals surface area contributed by atoms with Crippen molar-refractivity contribution in [3.8, 4) is 0 Å². The molecule has 18 heavy (non-hydrogen) atoms. The Morgan fingerprint density at radius 2 is 2.22 bits per heavy atom. The average Bonchev–Trinajstić information content (AvgIpc) is 2.70. The van der Waals surface area contributed by atoms with Gasteiger partial charge in [0.15, 0.2) is 5.65 Å². The van der Waals surface area contributed by atoms with E-state index in [0.717, 1.165) is 5.52 Å². The van der Waals surface area contributed by atoms with E-state index < -0.39 is 12.1 Å². The number of carbonyl (C=O) groups is 1. The highest BCUT2D eigenvalue weighted by molar-refractivity contribution is 5.70. The van der Waals surface area contributed by atoms with Gasteiger partial charge in [-0.1, -0.05) is 20.8 Å². The van der Waals surface area contributed by atoms with Gasteiger partial charge in [0.2, 0.25) is 0 Å². The molecule has 96 valence electrons. The molecule has 0 aliphatic heterocycles. The van der Waals surface area contributed by atoms with Crippen LogP contribution >= 0.6 is 0 Å².